The Hall–Kier alpha value is -3.22. The van der Waals surface area contributed by atoms with Gasteiger partial charge in [0.15, 0.2) is 8.32 Å². The standard InChI is InChI=1S/C31H42F2N4O5Si/c1-31(2,3)43(5,6)41-12-11-36-17-20(18-36)19-40-23-9-10-37-24(16-34-27(37)15-23)21-13-25(39-4)28(26(14-21)42-30(32)33)29(38)35-22-7-8-22/h9-10,13-16,20,22,30H,7-8,11-12,17-19H2,1-6H3,(H,35,38). The van der Waals surface area contributed by atoms with Gasteiger partial charge in [0, 0.05) is 56.0 Å². The van der Waals surface area contributed by atoms with Gasteiger partial charge in [-0.2, -0.15) is 8.78 Å². The van der Waals surface area contributed by atoms with Gasteiger partial charge in [-0.25, -0.2) is 4.98 Å². The SMILES string of the molecule is COc1cc(-c2cnc3cc(OCC4CN(CCO[Si](C)(C)C(C)(C)C)C4)ccn23)cc(OC(F)F)c1C(=O)NC1CC1. The van der Waals surface area contributed by atoms with Crippen LogP contribution in [-0.2, 0) is 4.43 Å². The van der Waals surface area contributed by atoms with Crippen molar-refractivity contribution >= 4 is 19.9 Å². The molecule has 1 aliphatic carbocycles. The summed E-state index contributed by atoms with van der Waals surface area (Å²) in [5.41, 5.74) is 1.73. The van der Waals surface area contributed by atoms with Crippen molar-refractivity contribution in [3.63, 3.8) is 0 Å². The van der Waals surface area contributed by atoms with Gasteiger partial charge >= 0.3 is 6.61 Å². The van der Waals surface area contributed by atoms with Crippen molar-refractivity contribution in [2.24, 2.45) is 5.92 Å². The van der Waals surface area contributed by atoms with E-state index in [1.807, 2.05) is 22.7 Å². The van der Waals surface area contributed by atoms with Crippen LogP contribution in [0.4, 0.5) is 8.78 Å². The lowest BCUT2D eigenvalue weighted by Gasteiger charge is -2.41. The molecule has 234 valence electrons. The molecule has 1 amide bonds. The summed E-state index contributed by atoms with van der Waals surface area (Å²) in [5.74, 6) is 0.544. The van der Waals surface area contributed by atoms with E-state index in [0.29, 0.717) is 35.2 Å². The molecule has 1 aliphatic heterocycles. The first-order valence-corrected chi connectivity index (χ1v) is 17.7. The minimum Gasteiger partial charge on any atom is -0.496 e. The second-order valence-corrected chi connectivity index (χ2v) is 17.8. The second-order valence-electron chi connectivity index (χ2n) is 13.0. The van der Waals surface area contributed by atoms with Crippen LogP contribution in [0.2, 0.25) is 18.1 Å². The maximum absolute atomic E-state index is 13.3. The van der Waals surface area contributed by atoms with E-state index >= 15 is 0 Å². The van der Waals surface area contributed by atoms with Crippen LogP contribution in [0.1, 0.15) is 44.0 Å². The predicted octanol–water partition coefficient (Wildman–Crippen LogP) is 5.84. The zero-order valence-electron chi connectivity index (χ0n) is 25.8. The van der Waals surface area contributed by atoms with Gasteiger partial charge in [0.25, 0.3) is 5.91 Å². The number of pyridine rings is 1. The first-order valence-electron chi connectivity index (χ1n) is 14.8. The highest BCUT2D eigenvalue weighted by Crippen LogP contribution is 2.38. The largest absolute Gasteiger partial charge is 0.496 e. The van der Waals surface area contributed by atoms with Crippen molar-refractivity contribution < 1.29 is 32.2 Å². The summed E-state index contributed by atoms with van der Waals surface area (Å²) in [5, 5.41) is 3.03. The van der Waals surface area contributed by atoms with Crippen molar-refractivity contribution in [3.05, 3.63) is 42.2 Å². The highest BCUT2D eigenvalue weighted by atomic mass is 28.4. The van der Waals surface area contributed by atoms with E-state index in [9.17, 15) is 13.6 Å². The first-order chi connectivity index (χ1) is 20.3. The molecule has 0 spiro atoms. The van der Waals surface area contributed by atoms with Crippen LogP contribution in [0, 0.1) is 5.92 Å². The summed E-state index contributed by atoms with van der Waals surface area (Å²) >= 11 is 0. The molecule has 0 unspecified atom stereocenters. The Balaban J connectivity index is 1.22. The monoisotopic (exact) mass is 616 g/mol. The van der Waals surface area contributed by atoms with Gasteiger partial charge in [-0.1, -0.05) is 20.8 Å². The molecular weight excluding hydrogens is 574 g/mol. The van der Waals surface area contributed by atoms with E-state index in [1.54, 1.807) is 12.3 Å². The second kappa shape index (κ2) is 12.4. The third-order valence-corrected chi connectivity index (χ3v) is 13.2. The molecule has 2 aliphatic rings. The first kappa shape index (κ1) is 31.2. The quantitative estimate of drug-likeness (QED) is 0.242. The molecule has 1 saturated carbocycles. The molecule has 5 rings (SSSR count). The Morgan fingerprint density at radius 2 is 1.88 bits per heavy atom. The Morgan fingerprint density at radius 3 is 2.53 bits per heavy atom. The number of carbonyl (C=O) groups is 1. The lowest BCUT2D eigenvalue weighted by atomic mass is 10.0. The fourth-order valence-corrected chi connectivity index (χ4v) is 5.92. The lowest BCUT2D eigenvalue weighted by Crippen LogP contribution is -2.51. The number of imidazole rings is 1. The van der Waals surface area contributed by atoms with Crippen LogP contribution in [-0.4, -0.2) is 81.1 Å². The van der Waals surface area contributed by atoms with Crippen molar-refractivity contribution in [3.8, 4) is 28.5 Å². The average molecular weight is 617 g/mol. The number of carbonyl (C=O) groups excluding carboxylic acids is 1. The Labute approximate surface area is 252 Å². The summed E-state index contributed by atoms with van der Waals surface area (Å²) in [7, 11) is -0.332. The number of amides is 1. The summed E-state index contributed by atoms with van der Waals surface area (Å²) in [6, 6.07) is 6.80. The molecule has 0 bridgehead atoms. The maximum Gasteiger partial charge on any atom is 0.387 e. The molecule has 2 fully saturated rings. The topological polar surface area (TPSA) is 86.6 Å². The van der Waals surface area contributed by atoms with Gasteiger partial charge < -0.3 is 28.9 Å². The van der Waals surface area contributed by atoms with Gasteiger partial charge in [-0.05, 0) is 49.2 Å². The van der Waals surface area contributed by atoms with E-state index in [2.05, 4.69) is 49.1 Å². The summed E-state index contributed by atoms with van der Waals surface area (Å²) < 4.78 is 51.1. The Kier molecular flexibility index (Phi) is 9.01. The van der Waals surface area contributed by atoms with E-state index in [4.69, 9.17) is 18.6 Å². The molecule has 1 saturated heterocycles. The number of alkyl halides is 2. The highest BCUT2D eigenvalue weighted by molar-refractivity contribution is 6.74. The number of nitrogens with zero attached hydrogens (tertiary/aromatic N) is 3. The summed E-state index contributed by atoms with van der Waals surface area (Å²) in [4.78, 5) is 19.7. The summed E-state index contributed by atoms with van der Waals surface area (Å²) in [6.45, 7) is 12.5. The fraction of sp³-hybridized carbons (Fsp3) is 0.548. The molecule has 9 nitrogen and oxygen atoms in total. The fourth-order valence-electron chi connectivity index (χ4n) is 4.89. The molecule has 0 atom stereocenters. The number of fused-ring (bicyclic) bond motifs is 1. The van der Waals surface area contributed by atoms with Gasteiger partial charge in [0.2, 0.25) is 0 Å². The number of halogens is 2. The van der Waals surface area contributed by atoms with E-state index < -0.39 is 20.8 Å². The number of benzene rings is 1. The maximum atomic E-state index is 13.3. The number of ether oxygens (including phenoxy) is 3. The molecule has 0 radical (unpaired) electrons. The number of rotatable bonds is 13. The van der Waals surface area contributed by atoms with Crippen LogP contribution in [0.3, 0.4) is 0 Å². The van der Waals surface area contributed by atoms with Crippen molar-refractivity contribution in [1.82, 2.24) is 19.6 Å². The number of hydrogen-bond acceptors (Lipinski definition) is 7. The Bertz CT molecular complexity index is 1450. The number of hydrogen-bond donors (Lipinski definition) is 1. The minimum absolute atomic E-state index is 0.0432. The zero-order valence-corrected chi connectivity index (χ0v) is 26.8. The molecule has 12 heteroatoms. The average Bonchev–Trinajstić information content (AvgIpc) is 3.62. The zero-order chi connectivity index (χ0) is 30.9. The number of methoxy groups -OCH3 is 1. The molecule has 1 aromatic carbocycles. The van der Waals surface area contributed by atoms with Crippen molar-refractivity contribution in [1.29, 1.82) is 0 Å². The van der Waals surface area contributed by atoms with Crippen LogP contribution in [0.25, 0.3) is 16.9 Å². The minimum atomic E-state index is -3.10. The molecule has 2 aromatic heterocycles. The summed E-state index contributed by atoms with van der Waals surface area (Å²) in [6.07, 6.45) is 5.18. The molecule has 3 aromatic rings. The molecule has 1 N–H and O–H groups in total. The van der Waals surface area contributed by atoms with Crippen LogP contribution in [0.5, 0.6) is 17.2 Å². The lowest BCUT2D eigenvalue weighted by molar-refractivity contribution is -0.0502. The van der Waals surface area contributed by atoms with Crippen molar-refractivity contribution in [2.45, 2.75) is 64.4 Å². The third-order valence-electron chi connectivity index (χ3n) is 8.62. The van der Waals surface area contributed by atoms with Gasteiger partial charge in [0.1, 0.15) is 28.5 Å². The number of nitrogens with one attached hydrogen (secondary N) is 1. The normalized spacial score (nSPS) is 16.4. The highest BCUT2D eigenvalue weighted by Gasteiger charge is 2.37. The predicted molar refractivity (Wildman–Crippen MR) is 163 cm³/mol. The van der Waals surface area contributed by atoms with Gasteiger partial charge in [-0.15, -0.1) is 0 Å². The Morgan fingerprint density at radius 1 is 1.16 bits per heavy atom. The smallest absolute Gasteiger partial charge is 0.387 e. The number of likely N-dealkylation sites (tertiary alicyclic amines) is 1. The van der Waals surface area contributed by atoms with Gasteiger partial charge in [0.05, 0.1) is 25.6 Å². The van der Waals surface area contributed by atoms with Crippen LogP contribution < -0.4 is 19.5 Å². The molecule has 43 heavy (non-hydrogen) atoms. The van der Waals surface area contributed by atoms with E-state index in [1.165, 1.54) is 13.2 Å². The van der Waals surface area contributed by atoms with Crippen LogP contribution in [0.15, 0.2) is 36.7 Å². The molecule has 3 heterocycles. The number of aromatic nitrogens is 2. The van der Waals surface area contributed by atoms with Gasteiger partial charge in [-0.3, -0.25) is 9.20 Å². The third kappa shape index (κ3) is 7.30. The van der Waals surface area contributed by atoms with E-state index in [0.717, 1.165) is 39.1 Å². The van der Waals surface area contributed by atoms with Crippen LogP contribution >= 0.6 is 0 Å². The molecular formula is C31H42F2N4O5Si. The van der Waals surface area contributed by atoms with Crippen molar-refractivity contribution in [2.75, 3.05) is 40.0 Å². The van der Waals surface area contributed by atoms with E-state index in [-0.39, 0.29) is 28.1 Å².